The van der Waals surface area contributed by atoms with Crippen LogP contribution in [-0.4, -0.2) is 36.2 Å². The van der Waals surface area contributed by atoms with Crippen molar-refractivity contribution in [3.8, 4) is 0 Å². The standard InChI is InChI=1S/C20H30N2O5/c1-6-14(2)17(18(24)21-12-16(23)27-20(3,4)5)22-19(25)26-13-15-10-8-7-9-11-15/h7-11,14,17H,6,12-13H2,1-5H3,(H,21,24)(H,22,25)/t14-,17-/m0/s1. The zero-order valence-electron chi connectivity index (χ0n) is 16.7. The van der Waals surface area contributed by atoms with Crippen molar-refractivity contribution in [2.24, 2.45) is 5.92 Å². The number of esters is 1. The number of nitrogens with one attached hydrogen (secondary N) is 2. The zero-order valence-corrected chi connectivity index (χ0v) is 16.7. The van der Waals surface area contributed by atoms with E-state index in [4.69, 9.17) is 9.47 Å². The Hall–Kier alpha value is -2.57. The molecule has 0 unspecified atom stereocenters. The van der Waals surface area contributed by atoms with Gasteiger partial charge in [-0.3, -0.25) is 9.59 Å². The second kappa shape index (κ2) is 10.5. The predicted molar refractivity (Wildman–Crippen MR) is 102 cm³/mol. The van der Waals surface area contributed by atoms with Gasteiger partial charge in [-0.25, -0.2) is 4.79 Å². The fraction of sp³-hybridized carbons (Fsp3) is 0.550. The van der Waals surface area contributed by atoms with Gasteiger partial charge < -0.3 is 20.1 Å². The molecule has 2 amide bonds. The molecule has 1 aromatic rings. The molecule has 0 saturated carbocycles. The molecule has 27 heavy (non-hydrogen) atoms. The van der Waals surface area contributed by atoms with Crippen LogP contribution in [0.15, 0.2) is 30.3 Å². The Labute approximate surface area is 160 Å². The summed E-state index contributed by atoms with van der Waals surface area (Å²) in [6.07, 6.45) is -0.0136. The molecule has 0 aliphatic heterocycles. The summed E-state index contributed by atoms with van der Waals surface area (Å²) in [7, 11) is 0. The third-order valence-electron chi connectivity index (χ3n) is 3.81. The van der Waals surface area contributed by atoms with Crippen molar-refractivity contribution in [2.75, 3.05) is 6.54 Å². The Bertz CT molecular complexity index is 625. The smallest absolute Gasteiger partial charge is 0.408 e. The third-order valence-corrected chi connectivity index (χ3v) is 3.81. The Morgan fingerprint density at radius 3 is 2.30 bits per heavy atom. The van der Waals surface area contributed by atoms with Gasteiger partial charge in [-0.2, -0.15) is 0 Å². The number of alkyl carbamates (subject to hydrolysis) is 1. The summed E-state index contributed by atoms with van der Waals surface area (Å²) in [5.74, 6) is -1.12. The van der Waals surface area contributed by atoms with Crippen LogP contribution in [0.1, 0.15) is 46.6 Å². The lowest BCUT2D eigenvalue weighted by Crippen LogP contribution is -2.51. The summed E-state index contributed by atoms with van der Waals surface area (Å²) in [5.41, 5.74) is 0.222. The van der Waals surface area contributed by atoms with Crippen molar-refractivity contribution in [1.82, 2.24) is 10.6 Å². The van der Waals surface area contributed by atoms with Crippen molar-refractivity contribution in [2.45, 2.75) is 59.3 Å². The monoisotopic (exact) mass is 378 g/mol. The van der Waals surface area contributed by atoms with E-state index in [1.165, 1.54) is 0 Å². The van der Waals surface area contributed by atoms with E-state index in [2.05, 4.69) is 10.6 Å². The van der Waals surface area contributed by atoms with Crippen molar-refractivity contribution >= 4 is 18.0 Å². The lowest BCUT2D eigenvalue weighted by atomic mass is 9.98. The van der Waals surface area contributed by atoms with Crippen LogP contribution in [0.5, 0.6) is 0 Å². The third kappa shape index (κ3) is 9.08. The number of amides is 2. The molecule has 150 valence electrons. The minimum atomic E-state index is -0.805. The number of hydrogen-bond acceptors (Lipinski definition) is 5. The number of carbonyl (C=O) groups is 3. The first kappa shape index (κ1) is 22.5. The summed E-state index contributed by atoms with van der Waals surface area (Å²) in [4.78, 5) is 36.3. The summed E-state index contributed by atoms with van der Waals surface area (Å²) in [6.45, 7) is 8.85. The Kier molecular flexibility index (Phi) is 8.78. The van der Waals surface area contributed by atoms with Gasteiger partial charge in [0.25, 0.3) is 0 Å². The normalized spacial score (nSPS) is 13.2. The van der Waals surface area contributed by atoms with Crippen LogP contribution >= 0.6 is 0 Å². The maximum absolute atomic E-state index is 12.4. The van der Waals surface area contributed by atoms with Crippen LogP contribution in [-0.2, 0) is 25.7 Å². The van der Waals surface area contributed by atoms with Gasteiger partial charge in [-0.15, -0.1) is 0 Å². The van der Waals surface area contributed by atoms with Gasteiger partial charge >= 0.3 is 12.1 Å². The van der Waals surface area contributed by atoms with Crippen LogP contribution in [0.25, 0.3) is 0 Å². The van der Waals surface area contributed by atoms with Crippen molar-refractivity contribution in [3.63, 3.8) is 0 Å². The molecule has 1 aromatic carbocycles. The molecule has 0 saturated heterocycles. The molecule has 0 bridgehead atoms. The van der Waals surface area contributed by atoms with E-state index >= 15 is 0 Å². The number of rotatable bonds is 8. The highest BCUT2D eigenvalue weighted by Crippen LogP contribution is 2.10. The maximum Gasteiger partial charge on any atom is 0.408 e. The first-order valence-electron chi connectivity index (χ1n) is 9.09. The second-order valence-corrected chi connectivity index (χ2v) is 7.37. The topological polar surface area (TPSA) is 93.7 Å². The van der Waals surface area contributed by atoms with E-state index in [-0.39, 0.29) is 19.1 Å². The Morgan fingerprint density at radius 1 is 1.11 bits per heavy atom. The predicted octanol–water partition coefficient (Wildman–Crippen LogP) is 2.79. The van der Waals surface area contributed by atoms with Crippen molar-refractivity contribution < 1.29 is 23.9 Å². The quantitative estimate of drug-likeness (QED) is 0.679. The molecule has 2 atom stereocenters. The maximum atomic E-state index is 12.4. The molecular weight excluding hydrogens is 348 g/mol. The lowest BCUT2D eigenvalue weighted by molar-refractivity contribution is -0.154. The molecule has 7 heteroatoms. The van der Waals surface area contributed by atoms with Crippen LogP contribution < -0.4 is 10.6 Å². The summed E-state index contributed by atoms with van der Waals surface area (Å²) in [5, 5.41) is 5.10. The molecule has 1 rings (SSSR count). The molecule has 0 radical (unpaired) electrons. The molecule has 2 N–H and O–H groups in total. The fourth-order valence-corrected chi connectivity index (χ4v) is 2.24. The van der Waals surface area contributed by atoms with Crippen LogP contribution in [0.3, 0.4) is 0 Å². The highest BCUT2D eigenvalue weighted by atomic mass is 16.6. The van der Waals surface area contributed by atoms with Gasteiger partial charge in [-0.1, -0.05) is 50.6 Å². The van der Waals surface area contributed by atoms with E-state index < -0.39 is 29.6 Å². The first-order valence-corrected chi connectivity index (χ1v) is 9.09. The van der Waals surface area contributed by atoms with Crippen molar-refractivity contribution in [3.05, 3.63) is 35.9 Å². The summed E-state index contributed by atoms with van der Waals surface area (Å²) >= 11 is 0. The van der Waals surface area contributed by atoms with Gasteiger partial charge in [0, 0.05) is 0 Å². The Balaban J connectivity index is 2.57. The minimum Gasteiger partial charge on any atom is -0.459 e. The number of benzene rings is 1. The molecule has 0 fully saturated rings. The van der Waals surface area contributed by atoms with E-state index in [0.717, 1.165) is 5.56 Å². The summed E-state index contributed by atoms with van der Waals surface area (Å²) < 4.78 is 10.3. The molecule has 0 aliphatic rings. The van der Waals surface area contributed by atoms with Gasteiger partial charge in [0.2, 0.25) is 5.91 Å². The van der Waals surface area contributed by atoms with Crippen molar-refractivity contribution in [1.29, 1.82) is 0 Å². The van der Waals surface area contributed by atoms with Gasteiger partial charge in [-0.05, 0) is 32.3 Å². The second-order valence-electron chi connectivity index (χ2n) is 7.37. The van der Waals surface area contributed by atoms with E-state index in [1.807, 2.05) is 44.2 Å². The van der Waals surface area contributed by atoms with Crippen LogP contribution in [0, 0.1) is 5.92 Å². The zero-order chi connectivity index (χ0) is 20.4. The Morgan fingerprint density at radius 2 is 1.74 bits per heavy atom. The largest absolute Gasteiger partial charge is 0.459 e. The van der Waals surface area contributed by atoms with Gasteiger partial charge in [0.05, 0.1) is 0 Å². The number of ether oxygens (including phenoxy) is 2. The minimum absolute atomic E-state index is 0.111. The molecule has 7 nitrogen and oxygen atoms in total. The highest BCUT2D eigenvalue weighted by Gasteiger charge is 2.27. The van der Waals surface area contributed by atoms with Gasteiger partial charge in [0.15, 0.2) is 0 Å². The SMILES string of the molecule is CC[C@H](C)[C@H](NC(=O)OCc1ccccc1)C(=O)NCC(=O)OC(C)(C)C. The average molecular weight is 378 g/mol. The fourth-order valence-electron chi connectivity index (χ4n) is 2.24. The molecule has 0 aliphatic carbocycles. The average Bonchev–Trinajstić information content (AvgIpc) is 2.61. The molecular formula is C20H30N2O5. The molecule has 0 heterocycles. The number of hydrogen-bond donors (Lipinski definition) is 2. The van der Waals surface area contributed by atoms with Crippen LogP contribution in [0.4, 0.5) is 4.79 Å². The highest BCUT2D eigenvalue weighted by molar-refractivity contribution is 5.88. The van der Waals surface area contributed by atoms with E-state index in [9.17, 15) is 14.4 Å². The lowest BCUT2D eigenvalue weighted by Gasteiger charge is -2.24. The first-order chi connectivity index (χ1) is 12.6. The molecule has 0 spiro atoms. The summed E-state index contributed by atoms with van der Waals surface area (Å²) in [6, 6.07) is 8.45. The number of carbonyl (C=O) groups excluding carboxylic acids is 3. The van der Waals surface area contributed by atoms with E-state index in [1.54, 1.807) is 20.8 Å². The van der Waals surface area contributed by atoms with E-state index in [0.29, 0.717) is 6.42 Å². The van der Waals surface area contributed by atoms with Crippen LogP contribution in [0.2, 0.25) is 0 Å². The van der Waals surface area contributed by atoms with Gasteiger partial charge in [0.1, 0.15) is 24.8 Å². The molecule has 0 aromatic heterocycles.